The molecule has 2 heterocycles. The van der Waals surface area contributed by atoms with Gasteiger partial charge in [-0.2, -0.15) is 0 Å². The molecule has 0 saturated carbocycles. The predicted octanol–water partition coefficient (Wildman–Crippen LogP) is 22.2. The van der Waals surface area contributed by atoms with E-state index >= 15 is 0 Å². The monoisotopic (exact) mass is 1160 g/mol. The SMILES string of the molecule is COc1cc(/C=C/c2ccc(/C=C/c3ccc(N(c4ccccc4)c4ccccc4)cc3)n2-c2ccc(-c3ccccc3)cc2)c(OC)cc1/C=C/c1ccc(/C=C/c2ccc(N(c3ccccc3)c3ccccc3)cc2)n1-c1ccc(-c2ccccc2)cc1. The number of anilines is 6. The molecule has 2 aromatic heterocycles. The van der Waals surface area contributed by atoms with Gasteiger partial charge in [0.05, 0.1) is 14.2 Å². The van der Waals surface area contributed by atoms with Crippen molar-refractivity contribution in [2.24, 2.45) is 0 Å². The van der Waals surface area contributed by atoms with Gasteiger partial charge in [-0.25, -0.2) is 0 Å². The summed E-state index contributed by atoms with van der Waals surface area (Å²) in [4.78, 5) is 4.56. The third-order valence-electron chi connectivity index (χ3n) is 16.1. The van der Waals surface area contributed by atoms with E-state index in [-0.39, 0.29) is 0 Å². The first-order valence-electron chi connectivity index (χ1n) is 30.3. The molecule has 90 heavy (non-hydrogen) atoms. The topological polar surface area (TPSA) is 34.8 Å². The van der Waals surface area contributed by atoms with Gasteiger partial charge in [0.25, 0.3) is 0 Å². The van der Waals surface area contributed by atoms with Crippen molar-refractivity contribution in [2.45, 2.75) is 0 Å². The van der Waals surface area contributed by atoms with Crippen LogP contribution in [0.25, 0.3) is 82.2 Å². The van der Waals surface area contributed by atoms with E-state index in [0.717, 1.165) is 113 Å². The predicted molar refractivity (Wildman–Crippen MR) is 380 cm³/mol. The van der Waals surface area contributed by atoms with Gasteiger partial charge in [-0.05, 0) is 203 Å². The molecular formula is C84H66N4O2. The summed E-state index contributed by atoms with van der Waals surface area (Å²) in [7, 11) is 3.44. The highest BCUT2D eigenvalue weighted by Gasteiger charge is 2.16. The Bertz CT molecular complexity index is 4210. The molecule has 434 valence electrons. The van der Waals surface area contributed by atoms with E-state index in [1.807, 2.05) is 0 Å². The van der Waals surface area contributed by atoms with E-state index in [2.05, 4.69) is 383 Å². The highest BCUT2D eigenvalue weighted by atomic mass is 16.5. The first kappa shape index (κ1) is 57.2. The summed E-state index contributed by atoms with van der Waals surface area (Å²) >= 11 is 0. The van der Waals surface area contributed by atoms with E-state index in [4.69, 9.17) is 9.47 Å². The Morgan fingerprint density at radius 2 is 0.500 bits per heavy atom. The number of para-hydroxylation sites is 4. The quantitative estimate of drug-likeness (QED) is 0.0762. The highest BCUT2D eigenvalue weighted by molar-refractivity contribution is 5.84. The fraction of sp³-hybridized carbons (Fsp3) is 0.0238. The number of nitrogens with zero attached hydrogens (tertiary/aromatic N) is 4. The van der Waals surface area contributed by atoms with Gasteiger partial charge in [0.2, 0.25) is 0 Å². The van der Waals surface area contributed by atoms with Crippen molar-refractivity contribution in [1.29, 1.82) is 0 Å². The fourth-order valence-corrected chi connectivity index (χ4v) is 11.5. The Kier molecular flexibility index (Phi) is 17.3. The van der Waals surface area contributed by atoms with Crippen molar-refractivity contribution in [3.05, 3.63) is 360 Å². The summed E-state index contributed by atoms with van der Waals surface area (Å²) in [6, 6.07) is 111. The first-order valence-corrected chi connectivity index (χ1v) is 30.3. The maximum absolute atomic E-state index is 6.17. The van der Waals surface area contributed by atoms with Crippen molar-refractivity contribution >= 4 is 82.7 Å². The molecule has 11 aromatic carbocycles. The van der Waals surface area contributed by atoms with Crippen LogP contribution in [-0.4, -0.2) is 23.4 Å². The van der Waals surface area contributed by atoms with E-state index in [0.29, 0.717) is 0 Å². The Morgan fingerprint density at radius 1 is 0.244 bits per heavy atom. The Labute approximate surface area is 528 Å². The van der Waals surface area contributed by atoms with Crippen LogP contribution in [0.15, 0.2) is 315 Å². The smallest absolute Gasteiger partial charge is 0.126 e. The molecule has 0 saturated heterocycles. The van der Waals surface area contributed by atoms with Crippen LogP contribution in [0.1, 0.15) is 45.0 Å². The molecule has 0 bridgehead atoms. The van der Waals surface area contributed by atoms with E-state index in [1.165, 1.54) is 11.1 Å². The van der Waals surface area contributed by atoms with Gasteiger partial charge in [-0.15, -0.1) is 0 Å². The summed E-state index contributed by atoms with van der Waals surface area (Å²) in [5.74, 6) is 1.44. The summed E-state index contributed by atoms with van der Waals surface area (Å²) in [6.07, 6.45) is 17.2. The molecule has 0 aliphatic carbocycles. The van der Waals surface area contributed by atoms with Crippen LogP contribution in [0.4, 0.5) is 34.1 Å². The molecule has 6 nitrogen and oxygen atoms in total. The molecule has 0 fully saturated rings. The lowest BCUT2D eigenvalue weighted by molar-refractivity contribution is 0.401. The number of benzene rings is 11. The lowest BCUT2D eigenvalue weighted by Gasteiger charge is -2.25. The van der Waals surface area contributed by atoms with Gasteiger partial charge in [-0.1, -0.05) is 194 Å². The van der Waals surface area contributed by atoms with E-state index in [1.54, 1.807) is 14.2 Å². The number of ether oxygens (including phenoxy) is 2. The minimum Gasteiger partial charge on any atom is -0.496 e. The number of aromatic nitrogens is 2. The number of rotatable bonds is 20. The second kappa shape index (κ2) is 27.2. The maximum atomic E-state index is 6.17. The largest absolute Gasteiger partial charge is 0.496 e. The zero-order valence-electron chi connectivity index (χ0n) is 50.2. The average molecular weight is 1160 g/mol. The molecule has 13 aromatic rings. The van der Waals surface area contributed by atoms with Crippen LogP contribution in [0.5, 0.6) is 11.5 Å². The van der Waals surface area contributed by atoms with Crippen molar-refractivity contribution in [3.8, 4) is 45.1 Å². The summed E-state index contributed by atoms with van der Waals surface area (Å²) in [6.45, 7) is 0. The molecule has 0 aliphatic heterocycles. The molecular weight excluding hydrogens is 1100 g/mol. The zero-order valence-corrected chi connectivity index (χ0v) is 50.2. The lowest BCUT2D eigenvalue weighted by atomic mass is 10.1. The molecule has 0 N–H and O–H groups in total. The Hall–Kier alpha value is -11.9. The third-order valence-corrected chi connectivity index (χ3v) is 16.1. The molecule has 6 heteroatoms. The Morgan fingerprint density at radius 3 is 0.789 bits per heavy atom. The summed E-state index contributed by atoms with van der Waals surface area (Å²) < 4.78 is 16.9. The van der Waals surface area contributed by atoms with Gasteiger partial charge >= 0.3 is 0 Å². The minimum absolute atomic E-state index is 0.718. The van der Waals surface area contributed by atoms with Gasteiger partial charge in [-0.3, -0.25) is 0 Å². The Balaban J connectivity index is 0.800. The third kappa shape index (κ3) is 13.0. The van der Waals surface area contributed by atoms with Crippen LogP contribution in [0, 0.1) is 0 Å². The van der Waals surface area contributed by atoms with Crippen LogP contribution >= 0.6 is 0 Å². The summed E-state index contributed by atoms with van der Waals surface area (Å²) in [5, 5.41) is 0. The molecule has 0 aliphatic rings. The van der Waals surface area contributed by atoms with Crippen molar-refractivity contribution in [3.63, 3.8) is 0 Å². The van der Waals surface area contributed by atoms with Crippen LogP contribution in [0.2, 0.25) is 0 Å². The van der Waals surface area contributed by atoms with Crippen molar-refractivity contribution < 1.29 is 9.47 Å². The fourth-order valence-electron chi connectivity index (χ4n) is 11.5. The standard InChI is InChI=1S/C84H66N4O2/c1-89-83-61-70(44-56-82-60-58-78(88(82)80-53-41-68(42-54-80)66-23-11-4-12-24-66)50-38-64-35-47-76(48-36-64)86(73-29-17-7-18-30-73)74-31-19-8-20-32-74)84(90-2)62-69(83)43-55-81-59-57-77(87(81)79-51-39-67(40-52-79)65-21-9-3-10-22-65)49-37-63-33-45-75(46-34-63)85(71-25-13-5-14-26-71)72-27-15-6-16-28-72/h3-62H,1-2H3/b49-37+,50-38+,55-43+,56-44+. The van der Waals surface area contributed by atoms with Crippen molar-refractivity contribution in [2.75, 3.05) is 24.0 Å². The zero-order chi connectivity index (χ0) is 60.9. The summed E-state index contributed by atoms with van der Waals surface area (Å²) in [5.41, 5.74) is 21.3. The molecule has 13 rings (SSSR count). The number of methoxy groups -OCH3 is 2. The second-order valence-electron chi connectivity index (χ2n) is 21.7. The van der Waals surface area contributed by atoms with Crippen LogP contribution < -0.4 is 19.3 Å². The van der Waals surface area contributed by atoms with Gasteiger partial charge in [0, 0.05) is 79.4 Å². The molecule has 0 spiro atoms. The average Bonchev–Trinajstić information content (AvgIpc) is 3.60. The van der Waals surface area contributed by atoms with E-state index < -0.39 is 0 Å². The van der Waals surface area contributed by atoms with Crippen LogP contribution in [0.3, 0.4) is 0 Å². The molecule has 0 amide bonds. The molecule has 0 unspecified atom stereocenters. The van der Waals surface area contributed by atoms with Gasteiger partial charge < -0.3 is 28.4 Å². The van der Waals surface area contributed by atoms with Gasteiger partial charge in [0.1, 0.15) is 11.5 Å². The first-order chi connectivity index (χ1) is 44.5. The van der Waals surface area contributed by atoms with Crippen LogP contribution in [-0.2, 0) is 0 Å². The highest BCUT2D eigenvalue weighted by Crippen LogP contribution is 2.38. The molecule has 0 radical (unpaired) electrons. The maximum Gasteiger partial charge on any atom is 0.126 e. The lowest BCUT2D eigenvalue weighted by Crippen LogP contribution is -2.09. The minimum atomic E-state index is 0.718. The van der Waals surface area contributed by atoms with E-state index in [9.17, 15) is 0 Å². The second-order valence-corrected chi connectivity index (χ2v) is 21.7. The van der Waals surface area contributed by atoms with Crippen molar-refractivity contribution in [1.82, 2.24) is 9.13 Å². The normalized spacial score (nSPS) is 11.5. The number of hydrogen-bond acceptors (Lipinski definition) is 4. The molecule has 0 atom stereocenters. The van der Waals surface area contributed by atoms with Gasteiger partial charge in [0.15, 0.2) is 0 Å². The number of hydrogen-bond donors (Lipinski definition) is 0.